The summed E-state index contributed by atoms with van der Waals surface area (Å²) in [6.07, 6.45) is 6.53. The van der Waals surface area contributed by atoms with Crippen LogP contribution in [0.1, 0.15) is 82.8 Å². The van der Waals surface area contributed by atoms with Crippen molar-refractivity contribution in [1.29, 1.82) is 0 Å². The lowest BCUT2D eigenvalue weighted by atomic mass is 9.81. The molecule has 1 aliphatic heterocycles. The average molecular weight is 683 g/mol. The molecule has 0 radical (unpaired) electrons. The van der Waals surface area contributed by atoms with Crippen molar-refractivity contribution in [1.82, 2.24) is 20.0 Å². The summed E-state index contributed by atoms with van der Waals surface area (Å²) in [5.41, 5.74) is 7.37. The van der Waals surface area contributed by atoms with Crippen LogP contribution < -0.4 is 19.5 Å². The minimum atomic E-state index is -0.501. The van der Waals surface area contributed by atoms with E-state index in [0.717, 1.165) is 52.3 Å². The molecule has 260 valence electrons. The van der Waals surface area contributed by atoms with Crippen LogP contribution in [0.5, 0.6) is 17.2 Å². The van der Waals surface area contributed by atoms with E-state index in [1.807, 2.05) is 78.9 Å². The predicted molar refractivity (Wildman–Crippen MR) is 195 cm³/mol. The summed E-state index contributed by atoms with van der Waals surface area (Å²) in [7, 11) is 1.68. The van der Waals surface area contributed by atoms with Crippen molar-refractivity contribution >= 4 is 16.8 Å². The summed E-state index contributed by atoms with van der Waals surface area (Å²) >= 11 is 0. The molecule has 0 saturated heterocycles. The van der Waals surface area contributed by atoms with Crippen molar-refractivity contribution in [2.75, 3.05) is 13.7 Å². The van der Waals surface area contributed by atoms with E-state index >= 15 is 0 Å². The highest BCUT2D eigenvalue weighted by Crippen LogP contribution is 2.47. The number of nitrogens with one attached hydrogen (secondary N) is 1. The van der Waals surface area contributed by atoms with Crippen LogP contribution in [0, 0.1) is 6.92 Å². The molecule has 2 aliphatic rings. The average Bonchev–Trinajstić information content (AvgIpc) is 3.69. The minimum absolute atomic E-state index is 0.197. The molecule has 2 aromatic heterocycles. The van der Waals surface area contributed by atoms with Crippen LogP contribution in [0.15, 0.2) is 95.5 Å². The van der Waals surface area contributed by atoms with Crippen molar-refractivity contribution in [3.8, 4) is 28.5 Å². The second-order valence-corrected chi connectivity index (χ2v) is 13.5. The van der Waals surface area contributed by atoms with Gasteiger partial charge in [0.2, 0.25) is 5.89 Å². The summed E-state index contributed by atoms with van der Waals surface area (Å²) in [6.45, 7) is 3.44. The molecule has 9 heteroatoms. The van der Waals surface area contributed by atoms with Crippen molar-refractivity contribution < 1.29 is 23.5 Å². The molecule has 1 saturated carbocycles. The van der Waals surface area contributed by atoms with E-state index in [1.54, 1.807) is 14.0 Å². The summed E-state index contributed by atoms with van der Waals surface area (Å²) in [5.74, 6) is 3.52. The van der Waals surface area contributed by atoms with E-state index < -0.39 is 6.04 Å². The highest BCUT2D eigenvalue weighted by atomic mass is 16.5. The second-order valence-electron chi connectivity index (χ2n) is 13.5. The van der Waals surface area contributed by atoms with Crippen molar-refractivity contribution in [3.05, 3.63) is 125 Å². The highest BCUT2D eigenvalue weighted by molar-refractivity contribution is 6.01. The van der Waals surface area contributed by atoms with Crippen molar-refractivity contribution in [2.45, 2.75) is 70.6 Å². The second kappa shape index (κ2) is 14.3. The number of nitrogens with zero attached hydrogens (tertiary/aromatic N) is 3. The first kappa shape index (κ1) is 32.6. The number of rotatable bonds is 10. The van der Waals surface area contributed by atoms with Gasteiger partial charge < -0.3 is 28.6 Å². The van der Waals surface area contributed by atoms with E-state index in [9.17, 15) is 4.79 Å². The zero-order valence-corrected chi connectivity index (χ0v) is 29.1. The Kier molecular flexibility index (Phi) is 9.18. The molecule has 0 unspecified atom stereocenters. The third kappa shape index (κ3) is 6.80. The van der Waals surface area contributed by atoms with E-state index in [4.69, 9.17) is 18.7 Å². The van der Waals surface area contributed by atoms with Gasteiger partial charge in [-0.1, -0.05) is 73.0 Å². The molecule has 1 amide bonds. The SMILES string of the molecule is COc1ccc2c(c1)OCCn1c-2c(C2CCCCC2)c2ccc(C(=O)N[C@@H](Cc3ccc(OCc4ccccc4)cc3)c3noc(C)n3)cc21. The molecule has 0 spiro atoms. The Hall–Kier alpha value is -5.57. The van der Waals surface area contributed by atoms with E-state index in [0.29, 0.717) is 49.4 Å². The standard InChI is InChI=1S/C42H42N4O5/c1-27-43-41(45-51-27)36(23-28-13-16-32(17-14-28)50-26-29-9-5-3-6-10-29)44-42(47)31-15-19-34-37(24-31)46-21-22-49-38-25-33(48-2)18-20-35(38)40(46)39(34)30-11-7-4-8-12-30/h3,5-6,9-10,13-20,24-25,30,36H,4,7-8,11-12,21-23,26H2,1-2H3,(H,44,47)/t36-/m0/s1. The van der Waals surface area contributed by atoms with Gasteiger partial charge >= 0.3 is 0 Å². The monoisotopic (exact) mass is 682 g/mol. The fraction of sp³-hybridized carbons (Fsp3) is 0.310. The first-order chi connectivity index (χ1) is 25.0. The lowest BCUT2D eigenvalue weighted by Crippen LogP contribution is -2.30. The topological polar surface area (TPSA) is 101 Å². The normalized spacial score (nSPS) is 14.9. The number of carbonyl (C=O) groups is 1. The number of amides is 1. The van der Waals surface area contributed by atoms with E-state index in [1.165, 1.54) is 35.9 Å². The van der Waals surface area contributed by atoms with Gasteiger partial charge in [0.1, 0.15) is 30.5 Å². The number of methoxy groups -OCH3 is 1. The molecule has 8 rings (SSSR count). The Morgan fingerprint density at radius 2 is 1.75 bits per heavy atom. The van der Waals surface area contributed by atoms with Gasteiger partial charge in [0.25, 0.3) is 5.91 Å². The summed E-state index contributed by atoms with van der Waals surface area (Å²) in [4.78, 5) is 18.6. The smallest absolute Gasteiger partial charge is 0.251 e. The molecule has 1 fully saturated rings. The molecule has 4 aromatic carbocycles. The fourth-order valence-corrected chi connectivity index (χ4v) is 7.64. The first-order valence-electron chi connectivity index (χ1n) is 17.9. The van der Waals surface area contributed by atoms with Crippen LogP contribution >= 0.6 is 0 Å². The van der Waals surface area contributed by atoms with Gasteiger partial charge in [0, 0.05) is 41.4 Å². The number of aryl methyl sites for hydroxylation is 1. The molecule has 6 aromatic rings. The summed E-state index contributed by atoms with van der Waals surface area (Å²) in [5, 5.41) is 8.62. The number of ether oxygens (including phenoxy) is 3. The van der Waals surface area contributed by atoms with Crippen LogP contribution in [0.25, 0.3) is 22.2 Å². The third-order valence-corrected chi connectivity index (χ3v) is 10.2. The number of hydrogen-bond donors (Lipinski definition) is 1. The Bertz CT molecular complexity index is 2150. The third-order valence-electron chi connectivity index (χ3n) is 10.2. The molecule has 1 atom stereocenters. The van der Waals surface area contributed by atoms with Gasteiger partial charge in [-0.15, -0.1) is 0 Å². The lowest BCUT2D eigenvalue weighted by molar-refractivity contribution is 0.0934. The molecule has 9 nitrogen and oxygen atoms in total. The van der Waals surface area contributed by atoms with Gasteiger partial charge in [-0.3, -0.25) is 4.79 Å². The lowest BCUT2D eigenvalue weighted by Gasteiger charge is -2.23. The Morgan fingerprint density at radius 1 is 0.941 bits per heavy atom. The van der Waals surface area contributed by atoms with Gasteiger partial charge in [0.05, 0.1) is 25.4 Å². The zero-order chi connectivity index (χ0) is 34.7. The molecule has 1 N–H and O–H groups in total. The predicted octanol–water partition coefficient (Wildman–Crippen LogP) is 8.74. The molecule has 3 heterocycles. The van der Waals surface area contributed by atoms with Crippen molar-refractivity contribution in [2.24, 2.45) is 0 Å². The van der Waals surface area contributed by atoms with Gasteiger partial charge in [-0.25, -0.2) is 0 Å². The number of fused-ring (bicyclic) bond motifs is 5. The number of benzene rings is 4. The maximum atomic E-state index is 14.1. The Morgan fingerprint density at radius 3 is 2.51 bits per heavy atom. The van der Waals surface area contributed by atoms with E-state index in [2.05, 4.69) is 32.2 Å². The minimum Gasteiger partial charge on any atom is -0.497 e. The first-order valence-corrected chi connectivity index (χ1v) is 17.9. The Balaban J connectivity index is 1.09. The largest absolute Gasteiger partial charge is 0.497 e. The maximum absolute atomic E-state index is 14.1. The van der Waals surface area contributed by atoms with Gasteiger partial charge in [-0.2, -0.15) is 4.98 Å². The molecule has 1 aliphatic carbocycles. The fourth-order valence-electron chi connectivity index (χ4n) is 7.64. The zero-order valence-electron chi connectivity index (χ0n) is 29.1. The molecule has 51 heavy (non-hydrogen) atoms. The Labute approximate surface area is 297 Å². The molecular weight excluding hydrogens is 640 g/mol. The van der Waals surface area contributed by atoms with E-state index in [-0.39, 0.29) is 5.91 Å². The van der Waals surface area contributed by atoms with Crippen LogP contribution in [0.3, 0.4) is 0 Å². The van der Waals surface area contributed by atoms with Crippen LogP contribution in [-0.2, 0) is 19.6 Å². The molecule has 0 bridgehead atoms. The number of hydrogen-bond acceptors (Lipinski definition) is 7. The molecular formula is C42H42N4O5. The quantitative estimate of drug-likeness (QED) is 0.154. The van der Waals surface area contributed by atoms with Crippen molar-refractivity contribution in [3.63, 3.8) is 0 Å². The van der Waals surface area contributed by atoms with Crippen LogP contribution in [0.2, 0.25) is 0 Å². The number of aromatic nitrogens is 3. The maximum Gasteiger partial charge on any atom is 0.251 e. The summed E-state index contributed by atoms with van der Waals surface area (Å²) < 4.78 is 25.5. The van der Waals surface area contributed by atoms with Gasteiger partial charge in [-0.05, 0) is 71.8 Å². The van der Waals surface area contributed by atoms with Gasteiger partial charge in [0.15, 0.2) is 5.82 Å². The van der Waals surface area contributed by atoms with Crippen LogP contribution in [-0.4, -0.2) is 34.3 Å². The summed E-state index contributed by atoms with van der Waals surface area (Å²) in [6, 6.07) is 29.7. The number of carbonyl (C=O) groups excluding carboxylic acids is 1. The van der Waals surface area contributed by atoms with Crippen LogP contribution in [0.4, 0.5) is 0 Å². The highest BCUT2D eigenvalue weighted by Gasteiger charge is 2.30.